The van der Waals surface area contributed by atoms with Gasteiger partial charge in [-0.25, -0.2) is 0 Å². The average molecular weight is 445 g/mol. The Balaban J connectivity index is 1.91. The molecule has 0 fully saturated rings. The molecule has 31 heavy (non-hydrogen) atoms. The van der Waals surface area contributed by atoms with E-state index in [1.807, 2.05) is 24.3 Å². The zero-order valence-corrected chi connectivity index (χ0v) is 19.3. The number of nitrogens with one attached hydrogen (secondary N) is 2. The van der Waals surface area contributed by atoms with Crippen LogP contribution in [0.5, 0.6) is 17.2 Å². The third-order valence-corrected chi connectivity index (χ3v) is 4.75. The summed E-state index contributed by atoms with van der Waals surface area (Å²) < 4.78 is 16.9. The molecule has 0 heterocycles. The van der Waals surface area contributed by atoms with E-state index in [1.165, 1.54) is 0 Å². The first-order valence-electron chi connectivity index (χ1n) is 10.7. The van der Waals surface area contributed by atoms with E-state index >= 15 is 0 Å². The zero-order chi connectivity index (χ0) is 22.5. The smallest absolute Gasteiger partial charge is 0.261 e. The van der Waals surface area contributed by atoms with Gasteiger partial charge in [0.2, 0.25) is 0 Å². The van der Waals surface area contributed by atoms with Gasteiger partial charge in [0.1, 0.15) is 5.75 Å². The van der Waals surface area contributed by atoms with Crippen LogP contribution < -0.4 is 24.8 Å². The lowest BCUT2D eigenvalue weighted by Crippen LogP contribution is -2.39. The molecule has 0 saturated heterocycles. The van der Waals surface area contributed by atoms with Crippen molar-refractivity contribution in [2.24, 2.45) is 0 Å². The minimum absolute atomic E-state index is 0.246. The molecule has 7 heteroatoms. The molecular formula is C24H32N2O4S. The molecule has 2 N–H and O–H groups in total. The van der Waals surface area contributed by atoms with Gasteiger partial charge >= 0.3 is 0 Å². The van der Waals surface area contributed by atoms with Crippen LogP contribution in [0.2, 0.25) is 0 Å². The molecule has 0 radical (unpaired) electrons. The Hall–Kier alpha value is -2.80. The van der Waals surface area contributed by atoms with Gasteiger partial charge in [0.15, 0.2) is 16.6 Å². The molecule has 0 atom stereocenters. The number of para-hydroxylation sites is 1. The Morgan fingerprint density at radius 2 is 1.71 bits per heavy atom. The minimum Gasteiger partial charge on any atom is -0.493 e. The molecule has 168 valence electrons. The van der Waals surface area contributed by atoms with Gasteiger partial charge in [-0.2, -0.15) is 0 Å². The van der Waals surface area contributed by atoms with Crippen LogP contribution in [0.1, 0.15) is 55.5 Å². The Kier molecular flexibility index (Phi) is 10.6. The monoisotopic (exact) mass is 444 g/mol. The zero-order valence-electron chi connectivity index (χ0n) is 18.5. The largest absolute Gasteiger partial charge is 0.493 e. The van der Waals surface area contributed by atoms with Crippen LogP contribution in [0.25, 0.3) is 0 Å². The molecule has 0 saturated carbocycles. The maximum Gasteiger partial charge on any atom is 0.261 e. The summed E-state index contributed by atoms with van der Waals surface area (Å²) >= 11 is 5.30. The highest BCUT2D eigenvalue weighted by Crippen LogP contribution is 2.28. The summed E-state index contributed by atoms with van der Waals surface area (Å²) in [5, 5.41) is 6.02. The van der Waals surface area contributed by atoms with Crippen LogP contribution in [0, 0.1) is 0 Å². The fraction of sp³-hybridized carbons (Fsp3) is 0.417. The third-order valence-electron chi connectivity index (χ3n) is 4.51. The number of hydrogen-bond donors (Lipinski definition) is 2. The Morgan fingerprint density at radius 1 is 0.935 bits per heavy atom. The van der Waals surface area contributed by atoms with Gasteiger partial charge in [-0.05, 0) is 54.9 Å². The van der Waals surface area contributed by atoms with Crippen LogP contribution in [-0.4, -0.2) is 31.3 Å². The fourth-order valence-electron chi connectivity index (χ4n) is 2.86. The topological polar surface area (TPSA) is 68.8 Å². The maximum atomic E-state index is 12.7. The summed E-state index contributed by atoms with van der Waals surface area (Å²) in [7, 11) is 1.61. The van der Waals surface area contributed by atoms with Gasteiger partial charge < -0.3 is 19.5 Å². The van der Waals surface area contributed by atoms with Gasteiger partial charge in [0, 0.05) is 6.54 Å². The second kappa shape index (κ2) is 13.5. The standard InChI is InChI=1S/C24H32N2O4S/c1-4-6-9-15-30-20-11-8-7-10-19(20)23(27)26-24(31)25-17-18-12-13-21(29-14-5-2)22(16-18)28-3/h7-8,10-13,16H,4-6,9,14-15,17H2,1-3H3,(H2,25,26,27,31). The van der Waals surface area contributed by atoms with Crippen molar-refractivity contribution in [3.8, 4) is 17.2 Å². The van der Waals surface area contributed by atoms with Crippen LogP contribution in [-0.2, 0) is 6.54 Å². The van der Waals surface area contributed by atoms with Crippen LogP contribution in [0.4, 0.5) is 0 Å². The number of benzene rings is 2. The molecule has 0 spiro atoms. The highest BCUT2D eigenvalue weighted by atomic mass is 32.1. The summed E-state index contributed by atoms with van der Waals surface area (Å²) in [4.78, 5) is 12.7. The van der Waals surface area contributed by atoms with Crippen molar-refractivity contribution >= 4 is 23.2 Å². The van der Waals surface area contributed by atoms with Gasteiger partial charge in [-0.15, -0.1) is 0 Å². The molecule has 0 aromatic heterocycles. The summed E-state index contributed by atoms with van der Waals surface area (Å²) in [5.74, 6) is 1.63. The first-order chi connectivity index (χ1) is 15.1. The molecule has 0 aliphatic rings. The first kappa shape index (κ1) is 24.5. The summed E-state index contributed by atoms with van der Waals surface area (Å²) in [6, 6.07) is 12.9. The molecule has 2 aromatic carbocycles. The van der Waals surface area contributed by atoms with Gasteiger partial charge in [0.05, 0.1) is 25.9 Å². The fourth-order valence-corrected chi connectivity index (χ4v) is 3.03. The predicted molar refractivity (Wildman–Crippen MR) is 127 cm³/mol. The lowest BCUT2D eigenvalue weighted by molar-refractivity contribution is 0.0972. The quantitative estimate of drug-likeness (QED) is 0.360. The van der Waals surface area contributed by atoms with Crippen LogP contribution in [0.15, 0.2) is 42.5 Å². The summed E-state index contributed by atoms with van der Waals surface area (Å²) in [5.41, 5.74) is 1.42. The van der Waals surface area contributed by atoms with Crippen LogP contribution >= 0.6 is 12.2 Å². The second-order valence-corrected chi connectivity index (χ2v) is 7.43. The van der Waals surface area contributed by atoms with E-state index in [2.05, 4.69) is 24.5 Å². The van der Waals surface area contributed by atoms with Gasteiger partial charge in [0.25, 0.3) is 5.91 Å². The highest BCUT2D eigenvalue weighted by Gasteiger charge is 2.14. The van der Waals surface area contributed by atoms with E-state index in [1.54, 1.807) is 25.3 Å². The molecule has 0 aliphatic carbocycles. The van der Waals surface area contributed by atoms with Gasteiger partial charge in [-0.3, -0.25) is 10.1 Å². The molecular weight excluding hydrogens is 412 g/mol. The van der Waals surface area contributed by atoms with Crippen molar-refractivity contribution in [3.63, 3.8) is 0 Å². The molecule has 2 rings (SSSR count). The minimum atomic E-state index is -0.301. The second-order valence-electron chi connectivity index (χ2n) is 7.02. The first-order valence-corrected chi connectivity index (χ1v) is 11.1. The van der Waals surface area contributed by atoms with E-state index < -0.39 is 0 Å². The summed E-state index contributed by atoms with van der Waals surface area (Å²) in [6.45, 7) is 5.85. The molecule has 2 aromatic rings. The molecule has 0 bridgehead atoms. The maximum absolute atomic E-state index is 12.7. The van der Waals surface area contributed by atoms with E-state index in [4.69, 9.17) is 26.4 Å². The molecule has 0 aliphatic heterocycles. The van der Waals surface area contributed by atoms with Crippen molar-refractivity contribution in [2.45, 2.75) is 46.1 Å². The SMILES string of the molecule is CCCCCOc1ccccc1C(=O)NC(=S)NCc1ccc(OCCC)c(OC)c1. The lowest BCUT2D eigenvalue weighted by atomic mass is 10.2. The number of carbonyl (C=O) groups is 1. The number of methoxy groups -OCH3 is 1. The number of rotatable bonds is 12. The third kappa shape index (κ3) is 8.09. The Labute approximate surface area is 190 Å². The van der Waals surface area contributed by atoms with E-state index in [-0.39, 0.29) is 11.0 Å². The Morgan fingerprint density at radius 3 is 2.45 bits per heavy atom. The van der Waals surface area contributed by atoms with Gasteiger partial charge in [-0.1, -0.05) is 44.9 Å². The van der Waals surface area contributed by atoms with E-state index in [0.717, 1.165) is 31.2 Å². The molecule has 1 amide bonds. The Bertz CT molecular complexity index is 857. The number of carbonyl (C=O) groups excluding carboxylic acids is 1. The number of thiocarbonyl (C=S) groups is 1. The van der Waals surface area contributed by atoms with Crippen molar-refractivity contribution < 1.29 is 19.0 Å². The van der Waals surface area contributed by atoms with E-state index in [0.29, 0.717) is 42.6 Å². The number of amides is 1. The average Bonchev–Trinajstić information content (AvgIpc) is 2.79. The predicted octanol–water partition coefficient (Wildman–Crippen LogP) is 4.86. The van der Waals surface area contributed by atoms with Crippen molar-refractivity contribution in [2.75, 3.05) is 20.3 Å². The summed E-state index contributed by atoms with van der Waals surface area (Å²) in [6.07, 6.45) is 4.09. The van der Waals surface area contributed by atoms with Crippen molar-refractivity contribution in [3.05, 3.63) is 53.6 Å². The van der Waals surface area contributed by atoms with Crippen molar-refractivity contribution in [1.29, 1.82) is 0 Å². The number of ether oxygens (including phenoxy) is 3. The molecule has 6 nitrogen and oxygen atoms in total. The normalized spacial score (nSPS) is 10.3. The van der Waals surface area contributed by atoms with Crippen molar-refractivity contribution in [1.82, 2.24) is 10.6 Å². The van der Waals surface area contributed by atoms with E-state index in [9.17, 15) is 4.79 Å². The highest BCUT2D eigenvalue weighted by molar-refractivity contribution is 7.80. The lowest BCUT2D eigenvalue weighted by Gasteiger charge is -2.14. The molecule has 0 unspecified atom stereocenters. The number of unbranched alkanes of at least 4 members (excludes halogenated alkanes) is 2. The number of hydrogen-bond acceptors (Lipinski definition) is 5. The van der Waals surface area contributed by atoms with Crippen LogP contribution in [0.3, 0.4) is 0 Å².